The van der Waals surface area contributed by atoms with Crippen molar-refractivity contribution < 1.29 is 0 Å². The third-order valence-corrected chi connectivity index (χ3v) is 13.1. The smallest absolute Gasteiger partial charge is 0.252 e. The third-order valence-electron chi connectivity index (χ3n) is 13.1. The van der Waals surface area contributed by atoms with Crippen LogP contribution in [-0.4, -0.2) is 6.71 Å². The van der Waals surface area contributed by atoms with Crippen LogP contribution in [0, 0.1) is 0 Å². The van der Waals surface area contributed by atoms with Gasteiger partial charge in [0.05, 0.1) is 5.69 Å². The number of fused-ring (bicyclic) bond motifs is 4. The molecule has 0 atom stereocenters. The molecule has 2 aliphatic heterocycles. The Morgan fingerprint density at radius 3 is 1.02 bits per heavy atom. The van der Waals surface area contributed by atoms with E-state index in [1.807, 2.05) is 0 Å². The molecule has 0 amide bonds. The van der Waals surface area contributed by atoms with E-state index in [2.05, 4.69) is 256 Å². The highest BCUT2D eigenvalue weighted by Gasteiger charge is 2.45. The summed E-state index contributed by atoms with van der Waals surface area (Å²) in [4.78, 5) is 7.56. The zero-order valence-corrected chi connectivity index (χ0v) is 38.9. The van der Waals surface area contributed by atoms with Crippen molar-refractivity contribution in [1.82, 2.24) is 0 Å². The minimum atomic E-state index is -0.0381. The molecule has 7 aromatic carbocycles. The number of anilines is 9. The van der Waals surface area contributed by atoms with Crippen LogP contribution in [0.4, 0.5) is 51.2 Å². The van der Waals surface area contributed by atoms with Gasteiger partial charge in [-0.25, -0.2) is 0 Å². The number of benzene rings is 7. The van der Waals surface area contributed by atoms with Gasteiger partial charge in [-0.3, -0.25) is 0 Å². The molecule has 7 aromatic rings. The second kappa shape index (κ2) is 14.8. The van der Waals surface area contributed by atoms with Crippen molar-refractivity contribution in [3.8, 4) is 0 Å². The van der Waals surface area contributed by atoms with Crippen LogP contribution in [0.5, 0.6) is 0 Å². The third kappa shape index (κ3) is 7.32. The number of hydrogen-bond donors (Lipinski definition) is 0. The molecule has 2 aliphatic rings. The molecule has 0 bridgehead atoms. The first-order valence-corrected chi connectivity index (χ1v) is 22.5. The molecule has 4 heteroatoms. The summed E-state index contributed by atoms with van der Waals surface area (Å²) in [6, 6.07) is 59.9. The van der Waals surface area contributed by atoms with Gasteiger partial charge in [-0.15, -0.1) is 0 Å². The summed E-state index contributed by atoms with van der Waals surface area (Å²) in [5.41, 5.74) is 19.8. The van der Waals surface area contributed by atoms with E-state index in [1.165, 1.54) is 61.4 Å². The van der Waals surface area contributed by atoms with Crippen LogP contribution in [0.3, 0.4) is 0 Å². The Morgan fingerprint density at radius 2 is 0.677 bits per heavy atom. The Bertz CT molecular complexity index is 2570. The van der Waals surface area contributed by atoms with Gasteiger partial charge in [0.25, 0.3) is 6.71 Å². The molecule has 0 aliphatic carbocycles. The monoisotopic (exact) mass is 812 g/mol. The molecule has 2 heterocycles. The van der Waals surface area contributed by atoms with Crippen molar-refractivity contribution in [3.05, 3.63) is 180 Å². The first-order valence-electron chi connectivity index (χ1n) is 22.5. The van der Waals surface area contributed by atoms with Gasteiger partial charge in [0, 0.05) is 45.5 Å². The predicted molar refractivity (Wildman–Crippen MR) is 270 cm³/mol. The van der Waals surface area contributed by atoms with Crippen LogP contribution >= 0.6 is 0 Å². The van der Waals surface area contributed by atoms with Crippen molar-refractivity contribution >= 4 is 74.3 Å². The fraction of sp³-hybridized carbons (Fsp3) is 0.276. The Morgan fingerprint density at radius 1 is 0.339 bits per heavy atom. The minimum absolute atomic E-state index is 0.0131. The molecule has 3 nitrogen and oxygen atoms in total. The average Bonchev–Trinajstić information content (AvgIpc) is 3.23. The van der Waals surface area contributed by atoms with Gasteiger partial charge < -0.3 is 14.7 Å². The first-order chi connectivity index (χ1) is 29.3. The van der Waals surface area contributed by atoms with Gasteiger partial charge in [-0.2, -0.15) is 0 Å². The summed E-state index contributed by atoms with van der Waals surface area (Å²) < 4.78 is 0. The Hall–Kier alpha value is -6.00. The molecular weight excluding hydrogens is 749 g/mol. The van der Waals surface area contributed by atoms with Crippen molar-refractivity contribution in [1.29, 1.82) is 0 Å². The zero-order valence-electron chi connectivity index (χ0n) is 38.9. The topological polar surface area (TPSA) is 9.72 Å². The number of para-hydroxylation sites is 2. The summed E-state index contributed by atoms with van der Waals surface area (Å²) in [6.07, 6.45) is 0. The van der Waals surface area contributed by atoms with Gasteiger partial charge in [0.1, 0.15) is 0 Å². The molecule has 0 aromatic heterocycles. The van der Waals surface area contributed by atoms with Gasteiger partial charge in [0.2, 0.25) is 0 Å². The molecule has 9 rings (SSSR count). The van der Waals surface area contributed by atoms with Crippen LogP contribution in [0.25, 0.3) is 0 Å². The molecular formula is C58H62BN3. The van der Waals surface area contributed by atoms with Gasteiger partial charge in [-0.05, 0) is 133 Å². The number of nitrogens with zero attached hydrogens (tertiary/aromatic N) is 3. The molecule has 0 saturated heterocycles. The summed E-state index contributed by atoms with van der Waals surface area (Å²) in [5.74, 6) is 0. The van der Waals surface area contributed by atoms with Gasteiger partial charge >= 0.3 is 0 Å². The molecule has 0 unspecified atom stereocenters. The summed E-state index contributed by atoms with van der Waals surface area (Å²) >= 11 is 0. The lowest BCUT2D eigenvalue weighted by molar-refractivity contribution is 0.590. The van der Waals surface area contributed by atoms with E-state index < -0.39 is 0 Å². The number of hydrogen-bond acceptors (Lipinski definition) is 3. The van der Waals surface area contributed by atoms with Crippen molar-refractivity contribution in [2.24, 2.45) is 0 Å². The molecule has 0 saturated carbocycles. The maximum atomic E-state index is 2.57. The van der Waals surface area contributed by atoms with Crippen molar-refractivity contribution in [2.75, 3.05) is 14.7 Å². The Balaban J connectivity index is 1.43. The van der Waals surface area contributed by atoms with Gasteiger partial charge in [-0.1, -0.05) is 168 Å². The maximum absolute atomic E-state index is 2.57. The standard InChI is InChI=1S/C58H62BN3/c1-55(2,3)39-23-29-45(30-24-39)61-50-35-41(57(7,8)9)27-33-48(50)59-49-34-28-42(58(10,11)12)36-51(49)62(46-31-25-40(26-32-46)56(4,5)6)53-38-47(37-52(61)54(53)59)60(43-19-15-13-16-20-43)44-21-17-14-18-22-44/h13-38H,1-12H3. The van der Waals surface area contributed by atoms with E-state index >= 15 is 0 Å². The summed E-state index contributed by atoms with van der Waals surface area (Å²) in [5, 5.41) is 0. The van der Waals surface area contributed by atoms with Crippen LogP contribution in [0.1, 0.15) is 105 Å². The summed E-state index contributed by atoms with van der Waals surface area (Å²) in [7, 11) is 0. The fourth-order valence-corrected chi connectivity index (χ4v) is 9.42. The molecule has 312 valence electrons. The summed E-state index contributed by atoms with van der Waals surface area (Å²) in [6.45, 7) is 27.8. The van der Waals surface area contributed by atoms with Crippen LogP contribution in [0.2, 0.25) is 0 Å². The average molecular weight is 812 g/mol. The highest BCUT2D eigenvalue weighted by molar-refractivity contribution is 7.00. The normalized spacial score (nSPS) is 13.7. The van der Waals surface area contributed by atoms with E-state index in [4.69, 9.17) is 0 Å². The Labute approximate surface area is 372 Å². The Kier molecular flexibility index (Phi) is 9.89. The number of rotatable bonds is 5. The SMILES string of the molecule is CC(C)(C)c1ccc(N2c3cc(C(C)(C)C)ccc3B3c4ccc(C(C)(C)C)cc4N(c4ccc(C(C)(C)C)cc4)c4cc(N(c5ccccc5)c5ccccc5)cc2c43)cc1. The second-order valence-corrected chi connectivity index (χ2v) is 21.6. The lowest BCUT2D eigenvalue weighted by Gasteiger charge is -2.45. The zero-order chi connectivity index (χ0) is 43.9. The molecule has 0 spiro atoms. The van der Waals surface area contributed by atoms with E-state index in [0.29, 0.717) is 0 Å². The molecule has 0 fully saturated rings. The van der Waals surface area contributed by atoms with E-state index in [-0.39, 0.29) is 28.4 Å². The van der Waals surface area contributed by atoms with Crippen molar-refractivity contribution in [2.45, 2.75) is 105 Å². The highest BCUT2D eigenvalue weighted by atomic mass is 15.2. The van der Waals surface area contributed by atoms with Crippen molar-refractivity contribution in [3.63, 3.8) is 0 Å². The predicted octanol–water partition coefficient (Wildman–Crippen LogP) is 14.4. The van der Waals surface area contributed by atoms with Crippen LogP contribution in [0.15, 0.2) is 158 Å². The largest absolute Gasteiger partial charge is 0.311 e. The maximum Gasteiger partial charge on any atom is 0.252 e. The molecule has 0 radical (unpaired) electrons. The lowest BCUT2D eigenvalue weighted by atomic mass is 9.33. The fourth-order valence-electron chi connectivity index (χ4n) is 9.42. The van der Waals surface area contributed by atoms with E-state index in [0.717, 1.165) is 28.4 Å². The first kappa shape index (κ1) is 41.4. The molecule has 0 N–H and O–H groups in total. The van der Waals surface area contributed by atoms with Crippen LogP contribution in [-0.2, 0) is 21.7 Å². The van der Waals surface area contributed by atoms with E-state index in [9.17, 15) is 0 Å². The lowest BCUT2D eigenvalue weighted by Crippen LogP contribution is -2.61. The minimum Gasteiger partial charge on any atom is -0.311 e. The molecule has 62 heavy (non-hydrogen) atoms. The van der Waals surface area contributed by atoms with Gasteiger partial charge in [0.15, 0.2) is 0 Å². The van der Waals surface area contributed by atoms with E-state index in [1.54, 1.807) is 0 Å². The quantitative estimate of drug-likeness (QED) is 0.160. The highest BCUT2D eigenvalue weighted by Crippen LogP contribution is 2.49. The van der Waals surface area contributed by atoms with Crippen LogP contribution < -0.4 is 31.1 Å². The second-order valence-electron chi connectivity index (χ2n) is 21.6.